The van der Waals surface area contributed by atoms with Crippen LogP contribution in [0.15, 0.2) is 91.3 Å². The van der Waals surface area contributed by atoms with Gasteiger partial charge in [-0.15, -0.1) is 0 Å². The predicted octanol–water partition coefficient (Wildman–Crippen LogP) is 6.11. The number of amides is 1. The molecule has 6 heteroatoms. The molecule has 1 heterocycles. The van der Waals surface area contributed by atoms with Gasteiger partial charge in [0.2, 0.25) is 5.91 Å². The fourth-order valence-electron chi connectivity index (χ4n) is 3.11. The van der Waals surface area contributed by atoms with Crippen LogP contribution in [0.2, 0.25) is 5.02 Å². The monoisotopic (exact) mass is 428 g/mol. The highest BCUT2D eigenvalue weighted by Gasteiger charge is 2.05. The molecule has 4 aromatic rings. The Morgan fingerprint density at radius 3 is 2.29 bits per heavy atom. The maximum Gasteiger partial charge on any atom is 0.224 e. The number of nitrogens with one attached hydrogen (secondary N) is 2. The number of carbonyl (C=O) groups is 1. The van der Waals surface area contributed by atoms with Gasteiger partial charge in [0, 0.05) is 34.4 Å². The average molecular weight is 429 g/mol. The predicted molar refractivity (Wildman–Crippen MR) is 126 cm³/mol. The van der Waals surface area contributed by atoms with Crippen molar-refractivity contribution in [2.45, 2.75) is 12.8 Å². The summed E-state index contributed by atoms with van der Waals surface area (Å²) < 4.78 is 0. The van der Waals surface area contributed by atoms with Crippen LogP contribution in [0.25, 0.3) is 11.3 Å². The molecule has 0 aliphatic carbocycles. The number of halogens is 1. The standard InChI is InChI=1S/C25H21ClN4O/c26-20-9-6-18(7-10-20)8-15-25(31)30-22-13-11-21(12-14-22)29-24-16-23(27-17-28-24)19-4-2-1-3-5-19/h1-7,9-14,16-17H,8,15H2,(H,30,31)(H,27,28,29). The lowest BCUT2D eigenvalue weighted by atomic mass is 10.1. The van der Waals surface area contributed by atoms with E-state index in [1.807, 2.05) is 84.9 Å². The number of rotatable bonds is 7. The third-order valence-electron chi connectivity index (χ3n) is 4.73. The van der Waals surface area contributed by atoms with E-state index in [1.54, 1.807) is 6.33 Å². The molecule has 0 bridgehead atoms. The molecule has 0 fully saturated rings. The number of hydrogen-bond acceptors (Lipinski definition) is 4. The largest absolute Gasteiger partial charge is 0.340 e. The first-order valence-corrected chi connectivity index (χ1v) is 10.3. The maximum atomic E-state index is 12.2. The zero-order valence-corrected chi connectivity index (χ0v) is 17.5. The SMILES string of the molecule is O=C(CCc1ccc(Cl)cc1)Nc1ccc(Nc2cc(-c3ccccc3)ncn2)cc1. The number of aromatic nitrogens is 2. The fraction of sp³-hybridized carbons (Fsp3) is 0.0800. The van der Waals surface area contributed by atoms with Crippen LogP contribution in [-0.2, 0) is 11.2 Å². The smallest absolute Gasteiger partial charge is 0.224 e. The van der Waals surface area contributed by atoms with Gasteiger partial charge in [-0.1, -0.05) is 54.1 Å². The van der Waals surface area contributed by atoms with E-state index in [-0.39, 0.29) is 5.91 Å². The minimum atomic E-state index is -0.0287. The Kier molecular flexibility index (Phi) is 6.55. The van der Waals surface area contributed by atoms with Crippen molar-refractivity contribution in [1.82, 2.24) is 9.97 Å². The lowest BCUT2D eigenvalue weighted by Crippen LogP contribution is -2.12. The summed E-state index contributed by atoms with van der Waals surface area (Å²) in [5.74, 6) is 0.674. The molecule has 5 nitrogen and oxygen atoms in total. The van der Waals surface area contributed by atoms with Gasteiger partial charge in [-0.25, -0.2) is 9.97 Å². The molecule has 3 aromatic carbocycles. The molecule has 31 heavy (non-hydrogen) atoms. The summed E-state index contributed by atoms with van der Waals surface area (Å²) >= 11 is 5.89. The Bertz CT molecular complexity index is 1150. The molecule has 0 radical (unpaired) electrons. The van der Waals surface area contributed by atoms with Crippen LogP contribution < -0.4 is 10.6 Å². The molecule has 0 atom stereocenters. The van der Waals surface area contributed by atoms with Crippen molar-refractivity contribution < 1.29 is 4.79 Å². The Morgan fingerprint density at radius 2 is 1.55 bits per heavy atom. The van der Waals surface area contributed by atoms with Gasteiger partial charge in [0.25, 0.3) is 0 Å². The fourth-order valence-corrected chi connectivity index (χ4v) is 3.24. The summed E-state index contributed by atoms with van der Waals surface area (Å²) in [4.78, 5) is 20.9. The van der Waals surface area contributed by atoms with Crippen LogP contribution in [0.1, 0.15) is 12.0 Å². The van der Waals surface area contributed by atoms with Crippen molar-refractivity contribution in [1.29, 1.82) is 0 Å². The average Bonchev–Trinajstić information content (AvgIpc) is 2.81. The van der Waals surface area contributed by atoms with Crippen molar-refractivity contribution in [2.75, 3.05) is 10.6 Å². The first-order valence-electron chi connectivity index (χ1n) is 9.94. The zero-order valence-electron chi connectivity index (χ0n) is 16.8. The second kappa shape index (κ2) is 9.87. The Morgan fingerprint density at radius 1 is 0.839 bits per heavy atom. The van der Waals surface area contributed by atoms with E-state index >= 15 is 0 Å². The zero-order chi connectivity index (χ0) is 21.5. The van der Waals surface area contributed by atoms with Crippen LogP contribution in [0.4, 0.5) is 17.2 Å². The summed E-state index contributed by atoms with van der Waals surface area (Å²) in [6, 6.07) is 26.9. The molecule has 1 aromatic heterocycles. The van der Waals surface area contributed by atoms with Crippen LogP contribution in [0, 0.1) is 0 Å². The van der Waals surface area contributed by atoms with E-state index in [9.17, 15) is 4.79 Å². The number of aryl methyl sites for hydroxylation is 1. The van der Waals surface area contributed by atoms with E-state index in [0.29, 0.717) is 23.7 Å². The number of hydrogen-bond donors (Lipinski definition) is 2. The molecule has 0 unspecified atom stereocenters. The number of anilines is 3. The Hall–Kier alpha value is -3.70. The van der Waals surface area contributed by atoms with Crippen molar-refractivity contribution in [2.24, 2.45) is 0 Å². The molecule has 0 aliphatic heterocycles. The summed E-state index contributed by atoms with van der Waals surface area (Å²) in [6.07, 6.45) is 2.62. The van der Waals surface area contributed by atoms with E-state index in [0.717, 1.165) is 28.2 Å². The van der Waals surface area contributed by atoms with Gasteiger partial charge in [-0.05, 0) is 48.4 Å². The Balaban J connectivity index is 1.33. The molecule has 1 amide bonds. The number of nitrogens with zero attached hydrogens (tertiary/aromatic N) is 2. The highest BCUT2D eigenvalue weighted by Crippen LogP contribution is 2.22. The highest BCUT2D eigenvalue weighted by molar-refractivity contribution is 6.30. The topological polar surface area (TPSA) is 66.9 Å². The van der Waals surface area contributed by atoms with Crippen molar-refractivity contribution in [3.63, 3.8) is 0 Å². The first-order chi connectivity index (χ1) is 15.2. The highest BCUT2D eigenvalue weighted by atomic mass is 35.5. The van der Waals surface area contributed by atoms with Crippen LogP contribution >= 0.6 is 11.6 Å². The molecule has 4 rings (SSSR count). The first kappa shape index (κ1) is 20.6. The molecule has 2 N–H and O–H groups in total. The molecule has 0 saturated heterocycles. The third kappa shape index (κ3) is 5.90. The van der Waals surface area contributed by atoms with Crippen molar-refractivity contribution in [3.05, 3.63) is 102 Å². The van der Waals surface area contributed by atoms with Crippen molar-refractivity contribution >= 4 is 34.7 Å². The van der Waals surface area contributed by atoms with Crippen LogP contribution in [-0.4, -0.2) is 15.9 Å². The Labute approximate surface area is 186 Å². The van der Waals surface area contributed by atoms with Gasteiger partial charge in [0.05, 0.1) is 5.69 Å². The summed E-state index contributed by atoms with van der Waals surface area (Å²) in [7, 11) is 0. The second-order valence-corrected chi connectivity index (χ2v) is 7.47. The normalized spacial score (nSPS) is 10.5. The van der Waals surface area contributed by atoms with Gasteiger partial charge in [0.15, 0.2) is 0 Å². The minimum Gasteiger partial charge on any atom is -0.340 e. The molecule has 154 valence electrons. The maximum absolute atomic E-state index is 12.2. The summed E-state index contributed by atoms with van der Waals surface area (Å²) in [5.41, 5.74) is 4.59. The molecular formula is C25H21ClN4O. The van der Waals surface area contributed by atoms with Crippen LogP contribution in [0.3, 0.4) is 0 Å². The van der Waals surface area contributed by atoms with Gasteiger partial charge in [-0.3, -0.25) is 4.79 Å². The lowest BCUT2D eigenvalue weighted by molar-refractivity contribution is -0.116. The summed E-state index contributed by atoms with van der Waals surface area (Å²) in [6.45, 7) is 0. The van der Waals surface area contributed by atoms with Gasteiger partial charge in [0.1, 0.15) is 12.1 Å². The van der Waals surface area contributed by atoms with Gasteiger partial charge >= 0.3 is 0 Å². The van der Waals surface area contributed by atoms with E-state index in [1.165, 1.54) is 0 Å². The molecular weight excluding hydrogens is 408 g/mol. The molecule has 0 aliphatic rings. The quantitative estimate of drug-likeness (QED) is 0.372. The van der Waals surface area contributed by atoms with E-state index < -0.39 is 0 Å². The lowest BCUT2D eigenvalue weighted by Gasteiger charge is -2.09. The van der Waals surface area contributed by atoms with E-state index in [4.69, 9.17) is 11.6 Å². The van der Waals surface area contributed by atoms with Gasteiger partial charge < -0.3 is 10.6 Å². The molecule has 0 saturated carbocycles. The number of carbonyl (C=O) groups excluding carboxylic acids is 1. The number of benzene rings is 3. The van der Waals surface area contributed by atoms with Crippen LogP contribution in [0.5, 0.6) is 0 Å². The van der Waals surface area contributed by atoms with Gasteiger partial charge in [-0.2, -0.15) is 0 Å². The second-order valence-electron chi connectivity index (χ2n) is 7.03. The van der Waals surface area contributed by atoms with E-state index in [2.05, 4.69) is 20.6 Å². The molecule has 0 spiro atoms. The third-order valence-corrected chi connectivity index (χ3v) is 4.98. The summed E-state index contributed by atoms with van der Waals surface area (Å²) in [5, 5.41) is 6.89. The minimum absolute atomic E-state index is 0.0287. The van der Waals surface area contributed by atoms with Crippen molar-refractivity contribution in [3.8, 4) is 11.3 Å².